The fourth-order valence-corrected chi connectivity index (χ4v) is 2.98. The zero-order valence-corrected chi connectivity index (χ0v) is 9.09. The summed E-state index contributed by atoms with van der Waals surface area (Å²) in [5.41, 5.74) is 0. The van der Waals surface area contributed by atoms with Crippen LogP contribution in [0.2, 0.25) is 0 Å². The third-order valence-corrected chi connectivity index (χ3v) is 3.89. The topological polar surface area (TPSA) is 29.1 Å². The molecule has 2 heteroatoms. The molecule has 80 valence electrons. The van der Waals surface area contributed by atoms with Crippen molar-refractivity contribution in [3.63, 3.8) is 0 Å². The quantitative estimate of drug-likeness (QED) is 0.743. The van der Waals surface area contributed by atoms with Crippen LogP contribution in [0.3, 0.4) is 0 Å². The first-order chi connectivity index (χ1) is 6.81. The number of hydrogen-bond acceptors (Lipinski definition) is 2. The predicted octanol–water partition coefficient (Wildman–Crippen LogP) is 1.99. The van der Waals surface area contributed by atoms with Crippen LogP contribution in [0, 0.1) is 17.8 Å². The van der Waals surface area contributed by atoms with E-state index in [4.69, 9.17) is 0 Å². The predicted molar refractivity (Wildman–Crippen MR) is 57.1 cm³/mol. The number of carbonyl (C=O) groups excluding carboxylic acids is 1. The summed E-state index contributed by atoms with van der Waals surface area (Å²) in [6.45, 7) is 4.46. The van der Waals surface area contributed by atoms with Crippen LogP contribution in [0.25, 0.3) is 0 Å². The van der Waals surface area contributed by atoms with E-state index in [2.05, 4.69) is 12.2 Å². The summed E-state index contributed by atoms with van der Waals surface area (Å²) in [4.78, 5) is 11.8. The van der Waals surface area contributed by atoms with Gasteiger partial charge in [0.2, 0.25) is 0 Å². The van der Waals surface area contributed by atoms with Crippen LogP contribution in [0.15, 0.2) is 0 Å². The van der Waals surface area contributed by atoms with Gasteiger partial charge in [0.05, 0.1) is 0 Å². The number of hydrogen-bond donors (Lipinski definition) is 1. The highest BCUT2D eigenvalue weighted by Crippen LogP contribution is 2.39. The highest BCUT2D eigenvalue weighted by atomic mass is 16.1. The summed E-state index contributed by atoms with van der Waals surface area (Å²) in [7, 11) is 0. The van der Waals surface area contributed by atoms with Crippen molar-refractivity contribution in [2.24, 2.45) is 17.8 Å². The molecule has 0 radical (unpaired) electrons. The number of nitrogens with one attached hydrogen (secondary N) is 1. The van der Waals surface area contributed by atoms with Gasteiger partial charge in [-0.25, -0.2) is 0 Å². The lowest BCUT2D eigenvalue weighted by Crippen LogP contribution is -2.16. The van der Waals surface area contributed by atoms with Crippen molar-refractivity contribution in [3.05, 3.63) is 0 Å². The first-order valence-electron chi connectivity index (χ1n) is 6.04. The molecule has 1 N–H and O–H groups in total. The average molecular weight is 195 g/mol. The molecule has 1 aliphatic heterocycles. The molecule has 2 rings (SSSR count). The molecule has 0 aromatic heterocycles. The Hall–Kier alpha value is -0.370. The average Bonchev–Trinajstić information content (AvgIpc) is 2.72. The van der Waals surface area contributed by atoms with Crippen molar-refractivity contribution in [2.75, 3.05) is 13.1 Å². The molecule has 0 aromatic carbocycles. The largest absolute Gasteiger partial charge is 0.316 e. The Morgan fingerprint density at radius 1 is 1.29 bits per heavy atom. The number of ketones is 1. The van der Waals surface area contributed by atoms with E-state index in [1.54, 1.807) is 0 Å². The number of unbranched alkanes of at least 4 members (excludes halogenated alkanes) is 1. The molecule has 1 heterocycles. The minimum absolute atomic E-state index is 0.415. The van der Waals surface area contributed by atoms with E-state index in [1.807, 2.05) is 0 Å². The second-order valence-corrected chi connectivity index (χ2v) is 4.92. The maximum atomic E-state index is 11.8. The van der Waals surface area contributed by atoms with Gasteiger partial charge in [0.1, 0.15) is 5.78 Å². The van der Waals surface area contributed by atoms with Crippen molar-refractivity contribution in [3.8, 4) is 0 Å². The fourth-order valence-electron chi connectivity index (χ4n) is 2.98. The first kappa shape index (κ1) is 10.2. The van der Waals surface area contributed by atoms with E-state index < -0.39 is 0 Å². The molecular formula is C12H21NO. The molecule has 14 heavy (non-hydrogen) atoms. The third kappa shape index (κ3) is 2.00. The molecule has 0 spiro atoms. The zero-order chi connectivity index (χ0) is 9.97. The number of fused-ring (bicyclic) bond motifs is 1. The lowest BCUT2D eigenvalue weighted by Gasteiger charge is -2.09. The lowest BCUT2D eigenvalue weighted by atomic mass is 9.96. The molecule has 2 nitrogen and oxygen atoms in total. The molecule has 0 unspecified atom stereocenters. The van der Waals surface area contributed by atoms with Gasteiger partial charge in [-0.3, -0.25) is 4.79 Å². The van der Waals surface area contributed by atoms with Gasteiger partial charge in [0.25, 0.3) is 0 Å². The van der Waals surface area contributed by atoms with Gasteiger partial charge in [0.15, 0.2) is 0 Å². The number of carbonyl (C=O) groups is 1. The van der Waals surface area contributed by atoms with Gasteiger partial charge >= 0.3 is 0 Å². The summed E-state index contributed by atoms with van der Waals surface area (Å²) in [5.74, 6) is 2.58. The Kier molecular flexibility index (Phi) is 3.22. The van der Waals surface area contributed by atoms with Crippen LogP contribution in [0.4, 0.5) is 0 Å². The smallest absolute Gasteiger partial charge is 0.135 e. The van der Waals surface area contributed by atoms with Crippen molar-refractivity contribution in [1.29, 1.82) is 0 Å². The monoisotopic (exact) mass is 195 g/mol. The summed E-state index contributed by atoms with van der Waals surface area (Å²) >= 11 is 0. The van der Waals surface area contributed by atoms with Crippen LogP contribution in [-0.2, 0) is 4.79 Å². The summed E-state index contributed by atoms with van der Waals surface area (Å²) in [5, 5.41) is 3.42. The van der Waals surface area contributed by atoms with Crippen LogP contribution < -0.4 is 5.32 Å². The van der Waals surface area contributed by atoms with E-state index in [1.165, 1.54) is 12.8 Å². The molecule has 0 aromatic rings. The molecule has 2 fully saturated rings. The van der Waals surface area contributed by atoms with Crippen molar-refractivity contribution >= 4 is 5.78 Å². The van der Waals surface area contributed by atoms with Gasteiger partial charge in [0, 0.05) is 12.3 Å². The van der Waals surface area contributed by atoms with Gasteiger partial charge in [-0.2, -0.15) is 0 Å². The highest BCUT2D eigenvalue weighted by Gasteiger charge is 2.39. The van der Waals surface area contributed by atoms with Crippen LogP contribution in [-0.4, -0.2) is 18.9 Å². The van der Waals surface area contributed by atoms with E-state index in [0.717, 1.165) is 44.2 Å². The maximum absolute atomic E-state index is 11.8. The SMILES string of the molecule is CCCCC(=O)C1C[C@H]2CNC[C@@H]2C1. The molecular weight excluding hydrogens is 174 g/mol. The second-order valence-electron chi connectivity index (χ2n) is 4.92. The molecule has 2 atom stereocenters. The van der Waals surface area contributed by atoms with Crippen LogP contribution in [0.1, 0.15) is 39.0 Å². The Morgan fingerprint density at radius 2 is 1.93 bits per heavy atom. The minimum Gasteiger partial charge on any atom is -0.316 e. The van der Waals surface area contributed by atoms with Gasteiger partial charge in [-0.1, -0.05) is 13.3 Å². The minimum atomic E-state index is 0.415. The van der Waals surface area contributed by atoms with Crippen molar-refractivity contribution < 1.29 is 4.79 Å². The highest BCUT2D eigenvalue weighted by molar-refractivity contribution is 5.81. The fraction of sp³-hybridized carbons (Fsp3) is 0.917. The van der Waals surface area contributed by atoms with Crippen LogP contribution >= 0.6 is 0 Å². The second kappa shape index (κ2) is 4.43. The van der Waals surface area contributed by atoms with E-state index in [9.17, 15) is 4.79 Å². The molecule has 1 saturated carbocycles. The lowest BCUT2D eigenvalue weighted by molar-refractivity contribution is -0.122. The standard InChI is InChI=1S/C12H21NO/c1-2-3-4-12(14)9-5-10-7-13-8-11(10)6-9/h9-11,13H,2-8H2,1H3/t10-,11-/m0/s1. The van der Waals surface area contributed by atoms with Crippen molar-refractivity contribution in [1.82, 2.24) is 5.32 Å². The summed E-state index contributed by atoms with van der Waals surface area (Å²) in [6.07, 6.45) is 5.39. The van der Waals surface area contributed by atoms with Gasteiger partial charge in [-0.15, -0.1) is 0 Å². The van der Waals surface area contributed by atoms with E-state index in [-0.39, 0.29) is 0 Å². The Morgan fingerprint density at radius 3 is 2.50 bits per heavy atom. The van der Waals surface area contributed by atoms with Gasteiger partial charge in [-0.05, 0) is 44.2 Å². The van der Waals surface area contributed by atoms with E-state index >= 15 is 0 Å². The van der Waals surface area contributed by atoms with Crippen LogP contribution in [0.5, 0.6) is 0 Å². The molecule has 1 aliphatic carbocycles. The summed E-state index contributed by atoms with van der Waals surface area (Å²) < 4.78 is 0. The van der Waals surface area contributed by atoms with Crippen molar-refractivity contribution in [2.45, 2.75) is 39.0 Å². The Labute approximate surface area is 86.5 Å². The summed E-state index contributed by atoms with van der Waals surface area (Å²) in [6, 6.07) is 0. The molecule has 1 saturated heterocycles. The molecule has 2 aliphatic rings. The Bertz CT molecular complexity index is 202. The number of Topliss-reactive ketones (excluding diaryl/α,β-unsaturated/α-hetero) is 1. The maximum Gasteiger partial charge on any atom is 0.135 e. The van der Waals surface area contributed by atoms with Gasteiger partial charge < -0.3 is 5.32 Å². The third-order valence-electron chi connectivity index (χ3n) is 3.89. The van der Waals surface area contributed by atoms with E-state index in [0.29, 0.717) is 11.7 Å². The zero-order valence-electron chi connectivity index (χ0n) is 9.09. The normalized spacial score (nSPS) is 32.1. The first-order valence-corrected chi connectivity index (χ1v) is 6.04. The Balaban J connectivity index is 1.80. The molecule has 0 bridgehead atoms. The molecule has 0 amide bonds. The number of rotatable bonds is 4.